The van der Waals surface area contributed by atoms with E-state index in [1.807, 2.05) is 34.8 Å². The van der Waals surface area contributed by atoms with Crippen molar-refractivity contribution in [2.24, 2.45) is 13.0 Å². The van der Waals surface area contributed by atoms with Gasteiger partial charge in [-0.3, -0.25) is 13.9 Å². The quantitative estimate of drug-likeness (QED) is 0.645. The van der Waals surface area contributed by atoms with Gasteiger partial charge in [0.25, 0.3) is 0 Å². The Hall–Kier alpha value is -3.16. The summed E-state index contributed by atoms with van der Waals surface area (Å²) in [5, 5.41) is 4.21. The van der Waals surface area contributed by atoms with Crippen LogP contribution < -0.4 is 4.74 Å². The summed E-state index contributed by atoms with van der Waals surface area (Å²) in [6.45, 7) is 5.59. The maximum Gasteiger partial charge on any atom is 0.302 e. The average Bonchev–Trinajstić information content (AvgIpc) is 3.34. The Balaban J connectivity index is 1.48. The van der Waals surface area contributed by atoms with Crippen LogP contribution in [0.2, 0.25) is 0 Å². The second kappa shape index (κ2) is 7.22. The van der Waals surface area contributed by atoms with Crippen LogP contribution in [-0.4, -0.2) is 54.7 Å². The predicted octanol–water partition coefficient (Wildman–Crippen LogP) is 1.93. The number of nitrogens with zero attached hydrogens (tertiary/aromatic N) is 6. The molecule has 0 saturated carbocycles. The molecule has 8 heteroatoms. The third-order valence-corrected chi connectivity index (χ3v) is 4.91. The van der Waals surface area contributed by atoms with Crippen LogP contribution in [-0.2, 0) is 11.8 Å². The summed E-state index contributed by atoms with van der Waals surface area (Å²) in [6, 6.07) is 2.44. The molecule has 1 aliphatic heterocycles. The molecule has 0 radical (unpaired) electrons. The lowest BCUT2D eigenvalue weighted by Gasteiger charge is -2.31. The molecule has 8 nitrogen and oxygen atoms in total. The van der Waals surface area contributed by atoms with Crippen molar-refractivity contribution in [2.45, 2.75) is 12.8 Å². The highest BCUT2D eigenvalue weighted by Gasteiger charge is 2.22. The van der Waals surface area contributed by atoms with E-state index >= 15 is 0 Å². The number of ether oxygens (including phenoxy) is 1. The van der Waals surface area contributed by atoms with Crippen molar-refractivity contribution in [3.63, 3.8) is 0 Å². The fourth-order valence-electron chi connectivity index (χ4n) is 3.34. The lowest BCUT2D eigenvalue weighted by molar-refractivity contribution is -0.127. The first-order valence-electron chi connectivity index (χ1n) is 9.01. The number of amides is 1. The summed E-state index contributed by atoms with van der Waals surface area (Å²) in [5.41, 5.74) is 2.48. The van der Waals surface area contributed by atoms with Crippen LogP contribution in [0.5, 0.6) is 6.01 Å². The molecule has 1 aliphatic rings. The summed E-state index contributed by atoms with van der Waals surface area (Å²) in [4.78, 5) is 22.6. The SMILES string of the molecule is C=CC(=O)N1CCC(COc2nc(-c3cnn(C)c3)cc3nccn23)CC1. The van der Waals surface area contributed by atoms with E-state index in [2.05, 4.69) is 21.6 Å². The number of hydrogen-bond acceptors (Lipinski definition) is 5. The van der Waals surface area contributed by atoms with E-state index in [0.29, 0.717) is 18.5 Å². The molecule has 4 rings (SSSR count). The molecule has 27 heavy (non-hydrogen) atoms. The molecule has 4 heterocycles. The minimum atomic E-state index is 0.000306. The third-order valence-electron chi connectivity index (χ3n) is 4.91. The fourth-order valence-corrected chi connectivity index (χ4v) is 3.34. The minimum Gasteiger partial charge on any atom is -0.464 e. The number of carbonyl (C=O) groups excluding carboxylic acids is 1. The summed E-state index contributed by atoms with van der Waals surface area (Å²) in [7, 11) is 1.87. The highest BCUT2D eigenvalue weighted by atomic mass is 16.5. The van der Waals surface area contributed by atoms with Crippen molar-refractivity contribution in [3.05, 3.63) is 43.5 Å². The molecular weight excluding hydrogens is 344 g/mol. The van der Waals surface area contributed by atoms with E-state index in [-0.39, 0.29) is 5.91 Å². The first kappa shape index (κ1) is 17.3. The maximum absolute atomic E-state index is 11.7. The molecule has 3 aromatic heterocycles. The van der Waals surface area contributed by atoms with E-state index in [0.717, 1.165) is 42.8 Å². The number of rotatable bonds is 5. The smallest absolute Gasteiger partial charge is 0.302 e. The van der Waals surface area contributed by atoms with Crippen molar-refractivity contribution < 1.29 is 9.53 Å². The van der Waals surface area contributed by atoms with Gasteiger partial charge in [0.1, 0.15) is 5.65 Å². The van der Waals surface area contributed by atoms with Crippen LogP contribution in [0.1, 0.15) is 12.8 Å². The van der Waals surface area contributed by atoms with E-state index < -0.39 is 0 Å². The number of piperidine rings is 1. The topological polar surface area (TPSA) is 77.6 Å². The normalized spacial score (nSPS) is 15.2. The Morgan fingerprint density at radius 1 is 1.41 bits per heavy atom. The van der Waals surface area contributed by atoms with Crippen LogP contribution in [0.3, 0.4) is 0 Å². The molecular formula is C19H22N6O2. The number of likely N-dealkylation sites (tertiary alicyclic amines) is 1. The van der Waals surface area contributed by atoms with Gasteiger partial charge in [-0.1, -0.05) is 6.58 Å². The number of carbonyl (C=O) groups is 1. The first-order chi connectivity index (χ1) is 13.1. The second-order valence-corrected chi connectivity index (χ2v) is 6.77. The second-order valence-electron chi connectivity index (χ2n) is 6.77. The molecule has 1 fully saturated rings. The number of fused-ring (bicyclic) bond motifs is 1. The molecule has 3 aromatic rings. The van der Waals surface area contributed by atoms with Crippen LogP contribution in [0.15, 0.2) is 43.5 Å². The van der Waals surface area contributed by atoms with E-state index in [1.54, 1.807) is 17.1 Å². The van der Waals surface area contributed by atoms with Crippen molar-refractivity contribution in [2.75, 3.05) is 19.7 Å². The molecule has 1 saturated heterocycles. The molecule has 0 N–H and O–H groups in total. The molecule has 0 bridgehead atoms. The van der Waals surface area contributed by atoms with Gasteiger partial charge in [-0.25, -0.2) is 4.98 Å². The molecule has 140 valence electrons. The first-order valence-corrected chi connectivity index (χ1v) is 9.01. The monoisotopic (exact) mass is 366 g/mol. The number of hydrogen-bond donors (Lipinski definition) is 0. The van der Waals surface area contributed by atoms with Crippen LogP contribution in [0.4, 0.5) is 0 Å². The molecule has 0 aliphatic carbocycles. The average molecular weight is 366 g/mol. The number of aromatic nitrogens is 5. The molecule has 1 amide bonds. The van der Waals surface area contributed by atoms with E-state index in [9.17, 15) is 4.79 Å². The zero-order valence-electron chi connectivity index (χ0n) is 15.3. The van der Waals surface area contributed by atoms with E-state index in [1.165, 1.54) is 6.08 Å². The van der Waals surface area contributed by atoms with Gasteiger partial charge in [-0.15, -0.1) is 0 Å². The highest BCUT2D eigenvalue weighted by molar-refractivity contribution is 5.87. The standard InChI is InChI=1S/C19H22N6O2/c1-3-18(26)24-7-4-14(5-8-24)13-27-19-22-16(15-11-21-23(2)12-15)10-17-20-6-9-25(17)19/h3,6,9-12,14H,1,4-5,7-8,13H2,2H3. The fraction of sp³-hybridized carbons (Fsp3) is 0.368. The Kier molecular flexibility index (Phi) is 4.62. The number of aryl methyl sites for hydroxylation is 1. The van der Waals surface area contributed by atoms with Crippen molar-refractivity contribution >= 4 is 11.6 Å². The predicted molar refractivity (Wildman–Crippen MR) is 100 cm³/mol. The lowest BCUT2D eigenvalue weighted by atomic mass is 9.98. The zero-order valence-corrected chi connectivity index (χ0v) is 15.3. The van der Waals surface area contributed by atoms with Gasteiger partial charge in [-0.2, -0.15) is 10.1 Å². The van der Waals surface area contributed by atoms with Gasteiger partial charge in [-0.05, 0) is 24.8 Å². The summed E-state index contributed by atoms with van der Waals surface area (Å²) in [5.74, 6) is 0.390. The Bertz CT molecular complexity index is 968. The number of imidazole rings is 1. The van der Waals surface area contributed by atoms with Gasteiger partial charge >= 0.3 is 6.01 Å². The molecule has 0 spiro atoms. The summed E-state index contributed by atoms with van der Waals surface area (Å²) in [6.07, 6.45) is 10.5. The maximum atomic E-state index is 11.7. The minimum absolute atomic E-state index is 0.000306. The largest absolute Gasteiger partial charge is 0.464 e. The van der Waals surface area contributed by atoms with Crippen molar-refractivity contribution in [1.82, 2.24) is 29.0 Å². The van der Waals surface area contributed by atoms with Gasteiger partial charge in [0.05, 0.1) is 18.5 Å². The van der Waals surface area contributed by atoms with Crippen molar-refractivity contribution in [1.29, 1.82) is 0 Å². The van der Waals surface area contributed by atoms with Crippen LogP contribution in [0.25, 0.3) is 16.9 Å². The summed E-state index contributed by atoms with van der Waals surface area (Å²) < 4.78 is 9.65. The highest BCUT2D eigenvalue weighted by Crippen LogP contribution is 2.24. The zero-order chi connectivity index (χ0) is 18.8. The van der Waals surface area contributed by atoms with Crippen molar-refractivity contribution in [3.8, 4) is 17.3 Å². The molecule has 0 unspecified atom stereocenters. The van der Waals surface area contributed by atoms with Gasteiger partial charge in [0.2, 0.25) is 5.91 Å². The Morgan fingerprint density at radius 2 is 2.22 bits per heavy atom. The van der Waals surface area contributed by atoms with Gasteiger partial charge in [0.15, 0.2) is 0 Å². The van der Waals surface area contributed by atoms with Crippen LogP contribution >= 0.6 is 0 Å². The van der Waals surface area contributed by atoms with Gasteiger partial charge < -0.3 is 9.64 Å². The molecule has 0 aromatic carbocycles. The van der Waals surface area contributed by atoms with Crippen LogP contribution in [0, 0.1) is 5.92 Å². The third kappa shape index (κ3) is 3.55. The Morgan fingerprint density at radius 3 is 2.93 bits per heavy atom. The lowest BCUT2D eigenvalue weighted by Crippen LogP contribution is -2.38. The van der Waals surface area contributed by atoms with E-state index in [4.69, 9.17) is 4.74 Å². The van der Waals surface area contributed by atoms with Gasteiger partial charge in [0, 0.05) is 50.4 Å². The summed E-state index contributed by atoms with van der Waals surface area (Å²) >= 11 is 0. The Labute approximate surface area is 157 Å². The molecule has 0 atom stereocenters.